The summed E-state index contributed by atoms with van der Waals surface area (Å²) in [5.74, 6) is -3.71. The largest absolute Gasteiger partial charge is 0.442 e. The Bertz CT molecular complexity index is 573. The van der Waals surface area contributed by atoms with Crippen LogP contribution in [-0.4, -0.2) is 36.3 Å². The molecule has 1 saturated heterocycles. The summed E-state index contributed by atoms with van der Waals surface area (Å²) in [6.07, 6.45) is 0.558. The highest BCUT2D eigenvalue weighted by atomic mass is 35.5. The van der Waals surface area contributed by atoms with Crippen LogP contribution in [0.5, 0.6) is 0 Å². The van der Waals surface area contributed by atoms with Gasteiger partial charge in [-0.25, -0.2) is 8.78 Å². The minimum atomic E-state index is -4.47. The molecule has 2 rings (SSSR count). The van der Waals surface area contributed by atoms with Gasteiger partial charge in [-0.3, -0.25) is 4.79 Å². The average molecular weight is 391 g/mol. The van der Waals surface area contributed by atoms with E-state index < -0.39 is 46.6 Å². The van der Waals surface area contributed by atoms with Crippen molar-refractivity contribution in [1.82, 2.24) is 10.6 Å². The van der Waals surface area contributed by atoms with Crippen molar-refractivity contribution in [2.45, 2.75) is 23.9 Å². The number of carbonyl (C=O) groups excluding carboxylic acids is 1. The third-order valence-corrected chi connectivity index (χ3v) is 4.30. The highest BCUT2D eigenvalue weighted by Crippen LogP contribution is 2.30. The summed E-state index contributed by atoms with van der Waals surface area (Å²) in [4.78, 5) is 11.7. The van der Waals surface area contributed by atoms with E-state index in [0.717, 1.165) is 12.1 Å². The maximum atomic E-state index is 13.4. The summed E-state index contributed by atoms with van der Waals surface area (Å²) >= 11 is -0.410. The number of rotatable bonds is 4. The summed E-state index contributed by atoms with van der Waals surface area (Å²) in [5, 5.41) is 5.56. The highest BCUT2D eigenvalue weighted by molar-refractivity contribution is 8.00. The van der Waals surface area contributed by atoms with Gasteiger partial charge in [-0.1, -0.05) is 6.07 Å². The Morgan fingerprint density at radius 1 is 1.29 bits per heavy atom. The molecule has 2 unspecified atom stereocenters. The standard InChI is InChI=1S/C14H15F5N2OS.ClH/c15-10-2-1-8(5-11(10)16)9-3-4-20-6-12(9)21-13(22)7-23-14(17,18)19;/h1-2,5,9,12,20H,3-4,6-7H2,(H,21,22);1H. The van der Waals surface area contributed by atoms with E-state index in [1.807, 2.05) is 0 Å². The number of halogens is 6. The molecule has 1 aromatic rings. The monoisotopic (exact) mass is 390 g/mol. The number of hydrogen-bond donors (Lipinski definition) is 2. The van der Waals surface area contributed by atoms with E-state index in [4.69, 9.17) is 0 Å². The van der Waals surface area contributed by atoms with E-state index >= 15 is 0 Å². The van der Waals surface area contributed by atoms with Crippen LogP contribution in [0.4, 0.5) is 22.0 Å². The normalized spacial score (nSPS) is 21.0. The minimum absolute atomic E-state index is 0. The smallest absolute Gasteiger partial charge is 0.351 e. The molecular formula is C14H16ClF5N2OS. The molecule has 1 heterocycles. The Morgan fingerprint density at radius 2 is 2.00 bits per heavy atom. The van der Waals surface area contributed by atoms with Crippen molar-refractivity contribution in [2.75, 3.05) is 18.8 Å². The van der Waals surface area contributed by atoms with Gasteiger partial charge in [0, 0.05) is 18.5 Å². The zero-order chi connectivity index (χ0) is 17.0. The number of alkyl halides is 3. The number of carbonyl (C=O) groups is 1. The van der Waals surface area contributed by atoms with Crippen LogP contribution in [0, 0.1) is 11.6 Å². The van der Waals surface area contributed by atoms with Crippen LogP contribution in [0.3, 0.4) is 0 Å². The molecule has 0 radical (unpaired) electrons. The van der Waals surface area contributed by atoms with Gasteiger partial charge in [-0.15, -0.1) is 12.4 Å². The number of thioether (sulfide) groups is 1. The van der Waals surface area contributed by atoms with Crippen LogP contribution >= 0.6 is 24.2 Å². The van der Waals surface area contributed by atoms with Gasteiger partial charge in [-0.05, 0) is 42.4 Å². The lowest BCUT2D eigenvalue weighted by atomic mass is 9.86. The Labute approximate surface area is 146 Å². The first-order valence-electron chi connectivity index (χ1n) is 6.92. The Morgan fingerprint density at radius 3 is 2.62 bits per heavy atom. The fourth-order valence-corrected chi connectivity index (χ4v) is 2.93. The molecular weight excluding hydrogens is 375 g/mol. The van der Waals surface area contributed by atoms with Crippen LogP contribution < -0.4 is 10.6 Å². The zero-order valence-corrected chi connectivity index (χ0v) is 14.0. The lowest BCUT2D eigenvalue weighted by molar-refractivity contribution is -0.119. The lowest BCUT2D eigenvalue weighted by Gasteiger charge is -2.33. The molecule has 1 fully saturated rings. The van der Waals surface area contributed by atoms with Crippen molar-refractivity contribution in [2.24, 2.45) is 0 Å². The van der Waals surface area contributed by atoms with Gasteiger partial charge in [0.1, 0.15) is 0 Å². The van der Waals surface area contributed by atoms with E-state index in [-0.39, 0.29) is 18.3 Å². The van der Waals surface area contributed by atoms with E-state index in [1.165, 1.54) is 6.07 Å². The van der Waals surface area contributed by atoms with E-state index in [1.54, 1.807) is 0 Å². The van der Waals surface area contributed by atoms with E-state index in [9.17, 15) is 26.7 Å². The van der Waals surface area contributed by atoms with Crippen molar-refractivity contribution < 1.29 is 26.7 Å². The second kappa shape index (κ2) is 8.87. The van der Waals surface area contributed by atoms with Gasteiger partial charge in [-0.2, -0.15) is 13.2 Å². The molecule has 0 spiro atoms. The molecule has 0 saturated carbocycles. The molecule has 1 amide bonds. The number of piperidine rings is 1. The third kappa shape index (κ3) is 6.10. The molecule has 1 aliphatic rings. The number of nitrogens with one attached hydrogen (secondary N) is 2. The first kappa shape index (κ1) is 21.0. The molecule has 1 aromatic carbocycles. The first-order valence-corrected chi connectivity index (χ1v) is 7.90. The van der Waals surface area contributed by atoms with Gasteiger partial charge >= 0.3 is 5.51 Å². The predicted octanol–water partition coefficient (Wildman–Crippen LogP) is 3.20. The molecule has 2 N–H and O–H groups in total. The van der Waals surface area contributed by atoms with Gasteiger partial charge < -0.3 is 10.6 Å². The molecule has 1 aliphatic heterocycles. The van der Waals surface area contributed by atoms with Crippen molar-refractivity contribution in [1.29, 1.82) is 0 Å². The van der Waals surface area contributed by atoms with Gasteiger partial charge in [0.25, 0.3) is 0 Å². The molecule has 10 heteroatoms. The van der Waals surface area contributed by atoms with Gasteiger partial charge in [0.15, 0.2) is 11.6 Å². The van der Waals surface area contributed by atoms with E-state index in [2.05, 4.69) is 10.6 Å². The average Bonchev–Trinajstić information content (AvgIpc) is 2.48. The molecule has 3 nitrogen and oxygen atoms in total. The predicted molar refractivity (Wildman–Crippen MR) is 84.3 cm³/mol. The molecule has 136 valence electrons. The van der Waals surface area contributed by atoms with Crippen LogP contribution in [-0.2, 0) is 4.79 Å². The maximum Gasteiger partial charge on any atom is 0.442 e. The summed E-state index contributed by atoms with van der Waals surface area (Å²) in [5.41, 5.74) is -3.96. The SMILES string of the molecule is Cl.O=C(CSC(F)(F)F)NC1CNCCC1c1ccc(F)c(F)c1. The summed E-state index contributed by atoms with van der Waals surface area (Å²) in [6, 6.07) is 3.02. The topological polar surface area (TPSA) is 41.1 Å². The molecule has 24 heavy (non-hydrogen) atoms. The van der Waals surface area contributed by atoms with Crippen molar-refractivity contribution >= 4 is 30.1 Å². The first-order chi connectivity index (χ1) is 10.8. The zero-order valence-electron chi connectivity index (χ0n) is 12.3. The number of hydrogen-bond acceptors (Lipinski definition) is 3. The Kier molecular flexibility index (Phi) is 7.75. The minimum Gasteiger partial charge on any atom is -0.351 e. The Balaban J connectivity index is 0.00000288. The number of benzene rings is 1. The molecule has 0 bridgehead atoms. The summed E-state index contributed by atoms with van der Waals surface area (Å²) in [6.45, 7) is 0.972. The number of amides is 1. The Hall–Kier alpha value is -1.06. The summed E-state index contributed by atoms with van der Waals surface area (Å²) in [7, 11) is 0. The molecule has 0 aromatic heterocycles. The third-order valence-electron chi connectivity index (χ3n) is 3.57. The highest BCUT2D eigenvalue weighted by Gasteiger charge is 2.32. The van der Waals surface area contributed by atoms with Crippen molar-refractivity contribution in [3.05, 3.63) is 35.4 Å². The lowest BCUT2D eigenvalue weighted by Crippen LogP contribution is -2.50. The van der Waals surface area contributed by atoms with Gasteiger partial charge in [0.05, 0.1) is 5.75 Å². The van der Waals surface area contributed by atoms with Crippen molar-refractivity contribution in [3.63, 3.8) is 0 Å². The van der Waals surface area contributed by atoms with Crippen LogP contribution in [0.1, 0.15) is 17.9 Å². The second-order valence-corrected chi connectivity index (χ2v) is 6.22. The second-order valence-electron chi connectivity index (χ2n) is 5.18. The summed E-state index contributed by atoms with van der Waals surface area (Å²) < 4.78 is 62.7. The maximum absolute atomic E-state index is 13.4. The molecule has 0 aliphatic carbocycles. The fourth-order valence-electron chi connectivity index (χ4n) is 2.55. The fraction of sp³-hybridized carbons (Fsp3) is 0.500. The quantitative estimate of drug-likeness (QED) is 0.776. The van der Waals surface area contributed by atoms with E-state index in [0.29, 0.717) is 25.1 Å². The van der Waals surface area contributed by atoms with Crippen LogP contribution in [0.15, 0.2) is 18.2 Å². The van der Waals surface area contributed by atoms with Crippen LogP contribution in [0.2, 0.25) is 0 Å². The van der Waals surface area contributed by atoms with Gasteiger partial charge in [0.2, 0.25) is 5.91 Å². The molecule has 2 atom stereocenters. The van der Waals surface area contributed by atoms with Crippen LogP contribution in [0.25, 0.3) is 0 Å². The van der Waals surface area contributed by atoms with Crippen molar-refractivity contribution in [3.8, 4) is 0 Å².